The molecule has 2 fully saturated rings. The number of rotatable bonds is 5. The Morgan fingerprint density at radius 3 is 2.61 bits per heavy atom. The van der Waals surface area contributed by atoms with E-state index >= 15 is 0 Å². The van der Waals surface area contributed by atoms with Gasteiger partial charge in [-0.1, -0.05) is 17.7 Å². The first-order valence-electron chi connectivity index (χ1n) is 9.33. The average molecular weight is 398 g/mol. The minimum Gasteiger partial charge on any atom is -0.349 e. The lowest BCUT2D eigenvalue weighted by atomic mass is 10.1. The Hall–Kier alpha value is -2.86. The van der Waals surface area contributed by atoms with Crippen LogP contribution in [0.15, 0.2) is 42.5 Å². The van der Waals surface area contributed by atoms with Crippen molar-refractivity contribution in [3.63, 3.8) is 0 Å². The van der Waals surface area contributed by atoms with E-state index in [4.69, 9.17) is 11.6 Å². The van der Waals surface area contributed by atoms with Crippen molar-refractivity contribution in [2.24, 2.45) is 0 Å². The van der Waals surface area contributed by atoms with E-state index in [-0.39, 0.29) is 23.8 Å². The van der Waals surface area contributed by atoms with E-state index in [0.29, 0.717) is 40.5 Å². The predicted molar refractivity (Wildman–Crippen MR) is 108 cm³/mol. The maximum Gasteiger partial charge on any atom is 0.257 e. The Kier molecular flexibility index (Phi) is 5.05. The second-order valence-corrected chi connectivity index (χ2v) is 7.53. The molecule has 7 heteroatoms. The summed E-state index contributed by atoms with van der Waals surface area (Å²) in [6.45, 7) is 0.566. The van der Waals surface area contributed by atoms with Crippen LogP contribution in [0.5, 0.6) is 0 Å². The van der Waals surface area contributed by atoms with Gasteiger partial charge < -0.3 is 15.5 Å². The van der Waals surface area contributed by atoms with Crippen molar-refractivity contribution in [3.05, 3.63) is 58.6 Å². The summed E-state index contributed by atoms with van der Waals surface area (Å²) in [5.41, 5.74) is 1.89. The van der Waals surface area contributed by atoms with Gasteiger partial charge in [-0.05, 0) is 55.7 Å². The fourth-order valence-corrected chi connectivity index (χ4v) is 3.42. The summed E-state index contributed by atoms with van der Waals surface area (Å²) in [5.74, 6) is -0.519. The molecular weight excluding hydrogens is 378 g/mol. The summed E-state index contributed by atoms with van der Waals surface area (Å²) in [7, 11) is 0. The van der Waals surface area contributed by atoms with Gasteiger partial charge in [0.25, 0.3) is 11.8 Å². The smallest absolute Gasteiger partial charge is 0.257 e. The Labute approximate surface area is 167 Å². The van der Waals surface area contributed by atoms with Crippen LogP contribution in [0, 0.1) is 0 Å². The quantitative estimate of drug-likeness (QED) is 0.808. The molecule has 1 aliphatic heterocycles. The van der Waals surface area contributed by atoms with Crippen LogP contribution in [0.2, 0.25) is 5.02 Å². The summed E-state index contributed by atoms with van der Waals surface area (Å²) < 4.78 is 0. The zero-order valence-electron chi connectivity index (χ0n) is 15.2. The van der Waals surface area contributed by atoms with E-state index in [0.717, 1.165) is 19.3 Å². The molecule has 4 rings (SSSR count). The van der Waals surface area contributed by atoms with Gasteiger partial charge >= 0.3 is 0 Å². The molecule has 2 aromatic carbocycles. The third kappa shape index (κ3) is 4.02. The normalized spacial score (nSPS) is 16.2. The van der Waals surface area contributed by atoms with Crippen molar-refractivity contribution in [2.45, 2.75) is 31.7 Å². The van der Waals surface area contributed by atoms with Crippen molar-refractivity contribution in [3.8, 4) is 0 Å². The molecule has 28 heavy (non-hydrogen) atoms. The molecule has 1 saturated heterocycles. The van der Waals surface area contributed by atoms with Crippen LogP contribution in [0.4, 0.5) is 11.4 Å². The van der Waals surface area contributed by atoms with Crippen molar-refractivity contribution in [1.82, 2.24) is 5.32 Å². The lowest BCUT2D eigenvalue weighted by molar-refractivity contribution is -0.117. The highest BCUT2D eigenvalue weighted by Crippen LogP contribution is 2.29. The van der Waals surface area contributed by atoms with Gasteiger partial charge in [0.15, 0.2) is 0 Å². The minimum absolute atomic E-state index is 0.0185. The number of nitrogens with zero attached hydrogens (tertiary/aromatic N) is 1. The molecule has 1 saturated carbocycles. The monoisotopic (exact) mass is 397 g/mol. The Balaban J connectivity index is 1.55. The molecule has 6 nitrogen and oxygen atoms in total. The minimum atomic E-state index is -0.355. The van der Waals surface area contributed by atoms with Gasteiger partial charge in [-0.3, -0.25) is 14.4 Å². The molecule has 0 unspecified atom stereocenters. The number of benzene rings is 2. The van der Waals surface area contributed by atoms with Gasteiger partial charge in [0.1, 0.15) is 0 Å². The highest BCUT2D eigenvalue weighted by atomic mass is 35.5. The highest BCUT2D eigenvalue weighted by Gasteiger charge is 2.27. The number of nitrogens with one attached hydrogen (secondary N) is 2. The van der Waals surface area contributed by atoms with Crippen LogP contribution >= 0.6 is 11.6 Å². The van der Waals surface area contributed by atoms with Gasteiger partial charge in [-0.2, -0.15) is 0 Å². The molecular formula is C21H20ClN3O3. The second kappa shape index (κ2) is 7.64. The molecule has 144 valence electrons. The standard InChI is InChI=1S/C21H20ClN3O3/c22-14-6-9-17(18(12-14)25-10-2-5-19(25)26)21(28)24-16-4-1-3-13(11-16)20(27)23-15-7-8-15/h1,3-4,6,9,11-12,15H,2,5,7-8,10H2,(H,23,27)(H,24,28). The molecule has 0 radical (unpaired) electrons. The van der Waals surface area contributed by atoms with Gasteiger partial charge in [0.05, 0.1) is 11.3 Å². The lowest BCUT2D eigenvalue weighted by Crippen LogP contribution is -2.27. The van der Waals surface area contributed by atoms with Gasteiger partial charge in [-0.15, -0.1) is 0 Å². The molecule has 0 bridgehead atoms. The summed E-state index contributed by atoms with van der Waals surface area (Å²) in [6, 6.07) is 11.9. The summed E-state index contributed by atoms with van der Waals surface area (Å²) in [5, 5.41) is 6.21. The zero-order chi connectivity index (χ0) is 19.7. The van der Waals surface area contributed by atoms with Crippen molar-refractivity contribution in [1.29, 1.82) is 0 Å². The first-order chi connectivity index (χ1) is 13.5. The van der Waals surface area contributed by atoms with Gasteiger partial charge in [0.2, 0.25) is 5.91 Å². The van der Waals surface area contributed by atoms with Crippen molar-refractivity contribution >= 4 is 40.7 Å². The third-order valence-corrected chi connectivity index (χ3v) is 5.10. The molecule has 0 aromatic heterocycles. The average Bonchev–Trinajstić information content (AvgIpc) is 3.39. The number of anilines is 2. The summed E-state index contributed by atoms with van der Waals surface area (Å²) >= 11 is 6.10. The molecule has 2 aromatic rings. The van der Waals surface area contributed by atoms with E-state index in [2.05, 4.69) is 10.6 Å². The van der Waals surface area contributed by atoms with Crippen LogP contribution in [-0.4, -0.2) is 30.3 Å². The van der Waals surface area contributed by atoms with E-state index in [1.54, 1.807) is 47.4 Å². The van der Waals surface area contributed by atoms with E-state index in [9.17, 15) is 14.4 Å². The van der Waals surface area contributed by atoms with Crippen molar-refractivity contribution in [2.75, 3.05) is 16.8 Å². The van der Waals surface area contributed by atoms with Crippen molar-refractivity contribution < 1.29 is 14.4 Å². The maximum atomic E-state index is 12.9. The van der Waals surface area contributed by atoms with Crippen LogP contribution in [0.3, 0.4) is 0 Å². The Morgan fingerprint density at radius 1 is 1.07 bits per heavy atom. The molecule has 1 heterocycles. The van der Waals surface area contributed by atoms with Crippen LogP contribution in [0.1, 0.15) is 46.4 Å². The van der Waals surface area contributed by atoms with Crippen LogP contribution in [0.25, 0.3) is 0 Å². The molecule has 0 atom stereocenters. The SMILES string of the molecule is O=C(NC1CC1)c1cccc(NC(=O)c2ccc(Cl)cc2N2CCCC2=O)c1. The summed E-state index contributed by atoms with van der Waals surface area (Å²) in [4.78, 5) is 38.8. The summed E-state index contributed by atoms with van der Waals surface area (Å²) in [6.07, 6.45) is 3.24. The first-order valence-corrected chi connectivity index (χ1v) is 9.71. The number of amides is 3. The van der Waals surface area contributed by atoms with Crippen LogP contribution < -0.4 is 15.5 Å². The molecule has 1 aliphatic carbocycles. The predicted octanol–water partition coefficient (Wildman–Crippen LogP) is 3.61. The fourth-order valence-electron chi connectivity index (χ4n) is 3.26. The lowest BCUT2D eigenvalue weighted by Gasteiger charge is -2.20. The van der Waals surface area contributed by atoms with E-state index in [1.807, 2.05) is 0 Å². The number of hydrogen-bond acceptors (Lipinski definition) is 3. The number of carbonyl (C=O) groups is 3. The molecule has 3 amide bonds. The largest absolute Gasteiger partial charge is 0.349 e. The number of halogens is 1. The maximum absolute atomic E-state index is 12.9. The topological polar surface area (TPSA) is 78.5 Å². The van der Waals surface area contributed by atoms with E-state index < -0.39 is 0 Å². The fraction of sp³-hybridized carbons (Fsp3) is 0.286. The first kappa shape index (κ1) is 18.5. The second-order valence-electron chi connectivity index (χ2n) is 7.09. The van der Waals surface area contributed by atoms with E-state index in [1.165, 1.54) is 0 Å². The number of carbonyl (C=O) groups excluding carboxylic acids is 3. The van der Waals surface area contributed by atoms with Gasteiger partial charge in [-0.25, -0.2) is 0 Å². The molecule has 0 spiro atoms. The molecule has 2 N–H and O–H groups in total. The Bertz CT molecular complexity index is 956. The zero-order valence-corrected chi connectivity index (χ0v) is 16.0. The number of hydrogen-bond donors (Lipinski definition) is 2. The Morgan fingerprint density at radius 2 is 1.89 bits per heavy atom. The third-order valence-electron chi connectivity index (χ3n) is 4.86. The highest BCUT2D eigenvalue weighted by molar-refractivity contribution is 6.31. The van der Waals surface area contributed by atoms with Gasteiger partial charge in [0, 0.05) is 35.3 Å². The molecule has 2 aliphatic rings. The van der Waals surface area contributed by atoms with Crippen LogP contribution in [-0.2, 0) is 4.79 Å².